The van der Waals surface area contributed by atoms with E-state index in [9.17, 15) is 0 Å². The van der Waals surface area contributed by atoms with Gasteiger partial charge in [-0.2, -0.15) is 0 Å². The lowest BCUT2D eigenvalue weighted by Gasteiger charge is -2.34. The van der Waals surface area contributed by atoms with Crippen LogP contribution in [-0.4, -0.2) is 29.7 Å². The third kappa shape index (κ3) is 11.1. The first-order valence-corrected chi connectivity index (χ1v) is 10.3. The molecule has 4 heteroatoms. The molecule has 1 atom stereocenters. The van der Waals surface area contributed by atoms with Crippen molar-refractivity contribution in [1.29, 1.82) is 0 Å². The molecule has 138 valence electrons. The van der Waals surface area contributed by atoms with Crippen LogP contribution < -0.4 is 5.84 Å². The van der Waals surface area contributed by atoms with E-state index in [2.05, 4.69) is 68.5 Å². The van der Waals surface area contributed by atoms with E-state index in [1.807, 2.05) is 5.01 Å². The first-order valence-electron chi connectivity index (χ1n) is 8.84. The highest BCUT2D eigenvalue weighted by Crippen LogP contribution is 2.38. The lowest BCUT2D eigenvalue weighted by molar-refractivity contribution is -0.000477. The maximum Gasteiger partial charge on any atom is 0.0648 e. The average Bonchev–Trinajstić information content (AvgIpc) is 2.34. The fraction of sp³-hybridized carbons (Fsp3) is 0.895. The van der Waals surface area contributed by atoms with Gasteiger partial charge in [0, 0.05) is 12.7 Å². The SMILES string of the molecule is CCPCOC(C)(C)CCN(N)/C=C(\C)C(C)(C)CC(C)(C)C. The Morgan fingerprint density at radius 2 is 1.70 bits per heavy atom. The summed E-state index contributed by atoms with van der Waals surface area (Å²) in [5.41, 5.74) is 1.70. The van der Waals surface area contributed by atoms with E-state index in [0.29, 0.717) is 5.41 Å². The Morgan fingerprint density at radius 1 is 1.13 bits per heavy atom. The molecule has 23 heavy (non-hydrogen) atoms. The summed E-state index contributed by atoms with van der Waals surface area (Å²) in [6.45, 7) is 21.0. The minimum atomic E-state index is -0.109. The summed E-state index contributed by atoms with van der Waals surface area (Å²) >= 11 is 0. The van der Waals surface area contributed by atoms with Crippen molar-refractivity contribution in [3.63, 3.8) is 0 Å². The normalized spacial score (nSPS) is 14.8. The number of hydrogen-bond acceptors (Lipinski definition) is 3. The van der Waals surface area contributed by atoms with Crippen molar-refractivity contribution < 1.29 is 4.74 Å². The highest BCUT2D eigenvalue weighted by molar-refractivity contribution is 7.37. The van der Waals surface area contributed by atoms with Crippen LogP contribution in [-0.2, 0) is 4.74 Å². The predicted octanol–water partition coefficient (Wildman–Crippen LogP) is 5.37. The van der Waals surface area contributed by atoms with Gasteiger partial charge in [0.2, 0.25) is 0 Å². The molecule has 0 bridgehead atoms. The second kappa shape index (κ2) is 9.39. The van der Waals surface area contributed by atoms with E-state index >= 15 is 0 Å². The largest absolute Gasteiger partial charge is 0.371 e. The van der Waals surface area contributed by atoms with Crippen LogP contribution in [0.15, 0.2) is 11.8 Å². The van der Waals surface area contributed by atoms with Crippen molar-refractivity contribution in [2.75, 3.05) is 19.1 Å². The van der Waals surface area contributed by atoms with Crippen LogP contribution in [0.25, 0.3) is 0 Å². The molecule has 1 unspecified atom stereocenters. The fourth-order valence-corrected chi connectivity index (χ4v) is 3.47. The third-order valence-corrected chi connectivity index (χ3v) is 5.03. The molecule has 0 radical (unpaired) electrons. The molecule has 0 aliphatic carbocycles. The number of ether oxygens (including phenoxy) is 1. The molecule has 0 aliphatic rings. The molecule has 0 rings (SSSR count). The molecule has 3 nitrogen and oxygen atoms in total. The van der Waals surface area contributed by atoms with Gasteiger partial charge in [-0.3, -0.25) is 0 Å². The molecule has 0 fully saturated rings. The Kier molecular flexibility index (Phi) is 9.35. The third-order valence-electron chi connectivity index (χ3n) is 4.19. The van der Waals surface area contributed by atoms with Gasteiger partial charge in [0.1, 0.15) is 0 Å². The zero-order chi connectivity index (χ0) is 18.3. The van der Waals surface area contributed by atoms with Crippen molar-refractivity contribution in [3.8, 4) is 0 Å². The van der Waals surface area contributed by atoms with Gasteiger partial charge in [-0.05, 0) is 50.6 Å². The van der Waals surface area contributed by atoms with Gasteiger partial charge in [0.05, 0.1) is 11.9 Å². The van der Waals surface area contributed by atoms with Gasteiger partial charge in [-0.1, -0.05) is 55.7 Å². The van der Waals surface area contributed by atoms with E-state index in [4.69, 9.17) is 10.6 Å². The summed E-state index contributed by atoms with van der Waals surface area (Å²) in [5, 5.41) is 1.83. The summed E-state index contributed by atoms with van der Waals surface area (Å²) in [6.07, 6.45) is 6.24. The summed E-state index contributed by atoms with van der Waals surface area (Å²) in [4.78, 5) is 0. The number of nitrogens with two attached hydrogens (primary N) is 1. The zero-order valence-electron chi connectivity index (χ0n) is 17.0. The second-order valence-electron chi connectivity index (χ2n) is 9.07. The fourth-order valence-electron chi connectivity index (χ4n) is 2.77. The summed E-state index contributed by atoms with van der Waals surface area (Å²) < 4.78 is 5.97. The lowest BCUT2D eigenvalue weighted by Crippen LogP contribution is -2.35. The van der Waals surface area contributed by atoms with E-state index in [-0.39, 0.29) is 11.0 Å². The number of hydrazine groups is 1. The van der Waals surface area contributed by atoms with Crippen LogP contribution in [0.4, 0.5) is 0 Å². The molecule has 0 saturated carbocycles. The second-order valence-corrected chi connectivity index (χ2v) is 10.6. The van der Waals surface area contributed by atoms with E-state index in [1.165, 1.54) is 11.7 Å². The number of rotatable bonds is 10. The highest BCUT2D eigenvalue weighted by Gasteiger charge is 2.27. The predicted molar refractivity (Wildman–Crippen MR) is 106 cm³/mol. The first kappa shape index (κ1) is 22.9. The standard InChI is InChI=1S/C19H41N2OP/c1-10-23-15-22-19(8,9)11-12-21(20)13-16(2)18(6,7)14-17(3,4)5/h13,23H,10-12,14-15,20H2,1-9H3/b16-13+. The molecule has 0 amide bonds. The monoisotopic (exact) mass is 344 g/mol. The van der Waals surface area contributed by atoms with Gasteiger partial charge in [-0.25, -0.2) is 5.84 Å². The van der Waals surface area contributed by atoms with Crippen molar-refractivity contribution in [3.05, 3.63) is 11.8 Å². The molecule has 0 aliphatic heterocycles. The molecule has 0 aromatic rings. The number of nitrogens with zero attached hydrogens (tertiary/aromatic N) is 1. The van der Waals surface area contributed by atoms with E-state index in [1.54, 1.807) is 0 Å². The maximum atomic E-state index is 6.20. The highest BCUT2D eigenvalue weighted by atomic mass is 31.1. The molecular formula is C19H41N2OP. The van der Waals surface area contributed by atoms with Gasteiger partial charge >= 0.3 is 0 Å². The minimum Gasteiger partial charge on any atom is -0.371 e. The van der Waals surface area contributed by atoms with E-state index < -0.39 is 0 Å². The molecule has 0 heterocycles. The molecule has 0 spiro atoms. The zero-order valence-corrected chi connectivity index (χ0v) is 18.0. The molecule has 2 N–H and O–H groups in total. The van der Waals surface area contributed by atoms with Crippen LogP contribution in [0.2, 0.25) is 0 Å². The van der Waals surface area contributed by atoms with Crippen molar-refractivity contribution >= 4 is 8.58 Å². The molecular weight excluding hydrogens is 303 g/mol. The Labute approximate surface area is 147 Å². The smallest absolute Gasteiger partial charge is 0.0648 e. The maximum absolute atomic E-state index is 6.20. The molecule has 0 aromatic carbocycles. The van der Waals surface area contributed by atoms with E-state index in [0.717, 1.165) is 34.3 Å². The molecule has 0 saturated heterocycles. The van der Waals surface area contributed by atoms with Crippen LogP contribution in [0.3, 0.4) is 0 Å². The summed E-state index contributed by atoms with van der Waals surface area (Å²) in [5.74, 6) is 6.20. The van der Waals surface area contributed by atoms with Crippen LogP contribution >= 0.6 is 8.58 Å². The first-order chi connectivity index (χ1) is 10.3. The number of allylic oxidation sites excluding steroid dienone is 1. The van der Waals surface area contributed by atoms with Crippen LogP contribution in [0.1, 0.15) is 75.2 Å². The van der Waals surface area contributed by atoms with Crippen molar-refractivity contribution in [2.24, 2.45) is 16.7 Å². The van der Waals surface area contributed by atoms with Crippen LogP contribution in [0.5, 0.6) is 0 Å². The lowest BCUT2D eigenvalue weighted by atomic mass is 9.72. The Bertz CT molecular complexity index is 370. The molecule has 0 aromatic heterocycles. The van der Waals surface area contributed by atoms with Gasteiger partial charge < -0.3 is 9.75 Å². The quantitative estimate of drug-likeness (QED) is 0.251. The summed E-state index contributed by atoms with van der Waals surface area (Å²) in [7, 11) is 0.891. The Morgan fingerprint density at radius 3 is 2.17 bits per heavy atom. The van der Waals surface area contributed by atoms with Crippen molar-refractivity contribution in [2.45, 2.75) is 80.8 Å². The van der Waals surface area contributed by atoms with Gasteiger partial charge in [0.15, 0.2) is 0 Å². The average molecular weight is 345 g/mol. The summed E-state index contributed by atoms with van der Waals surface area (Å²) in [6, 6.07) is 0. The minimum absolute atomic E-state index is 0.109. The topological polar surface area (TPSA) is 38.5 Å². The Balaban J connectivity index is 4.53. The van der Waals surface area contributed by atoms with Gasteiger partial charge in [0.25, 0.3) is 0 Å². The van der Waals surface area contributed by atoms with Crippen LogP contribution in [0, 0.1) is 10.8 Å². The Hall–Kier alpha value is -0.110. The van der Waals surface area contributed by atoms with Gasteiger partial charge in [-0.15, -0.1) is 0 Å². The number of hydrogen-bond donors (Lipinski definition) is 1. The van der Waals surface area contributed by atoms with Crippen molar-refractivity contribution in [1.82, 2.24) is 5.01 Å².